The van der Waals surface area contributed by atoms with Gasteiger partial charge in [0.1, 0.15) is 0 Å². The molecule has 0 aromatic heterocycles. The second-order valence-electron chi connectivity index (χ2n) is 2.24. The van der Waals surface area contributed by atoms with Crippen molar-refractivity contribution in [2.24, 2.45) is 0 Å². The summed E-state index contributed by atoms with van der Waals surface area (Å²) < 4.78 is 0. The van der Waals surface area contributed by atoms with Crippen LogP contribution in [0.4, 0.5) is 0 Å². The first-order chi connectivity index (χ1) is 4.38. The molecule has 2 aliphatic rings. The topological polar surface area (TPSA) is 17.1 Å². The van der Waals surface area contributed by atoms with E-state index in [-0.39, 0.29) is 5.78 Å². The second kappa shape index (κ2) is 1.44. The molecule has 0 fully saturated rings. The molecule has 0 N–H and O–H groups in total. The lowest BCUT2D eigenvalue weighted by molar-refractivity contribution is -0.110. The maximum absolute atomic E-state index is 10.9. The first-order valence-electron chi connectivity index (χ1n) is 3.00. The Balaban J connectivity index is 2.52. The third-order valence-corrected chi connectivity index (χ3v) is 1.67. The van der Waals surface area contributed by atoms with Gasteiger partial charge in [0.25, 0.3) is 0 Å². The van der Waals surface area contributed by atoms with Crippen molar-refractivity contribution < 1.29 is 4.79 Å². The highest BCUT2D eigenvalue weighted by Crippen LogP contribution is 2.25. The molecule has 0 heterocycles. The summed E-state index contributed by atoms with van der Waals surface area (Å²) in [6, 6.07) is 0. The summed E-state index contributed by atoms with van der Waals surface area (Å²) in [6.07, 6.45) is 8.40. The number of carbonyl (C=O) groups excluding carboxylic acids is 1. The zero-order chi connectivity index (χ0) is 6.27. The molecule has 0 atom stereocenters. The number of ketones is 1. The molecule has 0 saturated carbocycles. The molecule has 0 aromatic rings. The molecule has 2 rings (SSSR count). The monoisotopic (exact) mass is 118 g/mol. The van der Waals surface area contributed by atoms with Crippen LogP contribution in [-0.4, -0.2) is 5.78 Å². The molecule has 0 aliphatic heterocycles. The molecule has 0 amide bonds. The second-order valence-corrected chi connectivity index (χ2v) is 2.24. The van der Waals surface area contributed by atoms with E-state index in [2.05, 4.69) is 0 Å². The van der Waals surface area contributed by atoms with E-state index in [1.807, 2.05) is 18.2 Å². The van der Waals surface area contributed by atoms with Gasteiger partial charge >= 0.3 is 0 Å². The van der Waals surface area contributed by atoms with Gasteiger partial charge in [0.2, 0.25) is 0 Å². The molecule has 0 spiro atoms. The lowest BCUT2D eigenvalue weighted by Gasteiger charge is -1.86. The third-order valence-electron chi connectivity index (χ3n) is 1.67. The molecule has 0 aromatic carbocycles. The Morgan fingerprint density at radius 1 is 1.22 bits per heavy atom. The maximum Gasteiger partial charge on any atom is 0.186 e. The zero-order valence-electron chi connectivity index (χ0n) is 4.92. The standard InChI is InChI=1S/C8H6O/c9-8-5-4-6-2-1-3-7(6)8/h1,3-5H,2H2. The number of rotatable bonds is 0. The van der Waals surface area contributed by atoms with Crippen LogP contribution < -0.4 is 0 Å². The van der Waals surface area contributed by atoms with Gasteiger partial charge in [0.05, 0.1) is 0 Å². The molecule has 0 bridgehead atoms. The molecule has 0 unspecified atom stereocenters. The summed E-state index contributed by atoms with van der Waals surface area (Å²) in [5, 5.41) is 0. The largest absolute Gasteiger partial charge is 0.289 e. The summed E-state index contributed by atoms with van der Waals surface area (Å²) in [7, 11) is 0. The molecule has 0 saturated heterocycles. The Morgan fingerprint density at radius 3 is 2.89 bits per heavy atom. The van der Waals surface area contributed by atoms with E-state index in [4.69, 9.17) is 0 Å². The van der Waals surface area contributed by atoms with E-state index in [0.717, 1.165) is 12.0 Å². The van der Waals surface area contributed by atoms with Crippen LogP contribution in [0.2, 0.25) is 0 Å². The van der Waals surface area contributed by atoms with Crippen LogP contribution in [0.15, 0.2) is 35.5 Å². The smallest absolute Gasteiger partial charge is 0.186 e. The SMILES string of the molecule is O=C1C=CC2=C1C=CC2. The highest BCUT2D eigenvalue weighted by Gasteiger charge is 2.16. The molecule has 44 valence electrons. The van der Waals surface area contributed by atoms with Gasteiger partial charge in [-0.15, -0.1) is 0 Å². The molecule has 1 nitrogen and oxygen atoms in total. The van der Waals surface area contributed by atoms with Crippen molar-refractivity contribution in [3.63, 3.8) is 0 Å². The maximum atomic E-state index is 10.9. The average molecular weight is 118 g/mol. The van der Waals surface area contributed by atoms with Gasteiger partial charge in [0.15, 0.2) is 5.78 Å². The normalized spacial score (nSPS) is 22.0. The van der Waals surface area contributed by atoms with Crippen LogP contribution in [-0.2, 0) is 4.79 Å². The van der Waals surface area contributed by atoms with Crippen molar-refractivity contribution in [2.75, 3.05) is 0 Å². The molecule has 1 heteroatoms. The van der Waals surface area contributed by atoms with Gasteiger partial charge in [-0.3, -0.25) is 4.79 Å². The van der Waals surface area contributed by atoms with Gasteiger partial charge < -0.3 is 0 Å². The van der Waals surface area contributed by atoms with E-state index >= 15 is 0 Å². The predicted octanol–water partition coefficient (Wildman–Crippen LogP) is 1.38. The zero-order valence-corrected chi connectivity index (χ0v) is 4.92. The van der Waals surface area contributed by atoms with Crippen molar-refractivity contribution in [2.45, 2.75) is 6.42 Å². The van der Waals surface area contributed by atoms with E-state index in [1.54, 1.807) is 6.08 Å². The van der Waals surface area contributed by atoms with Crippen LogP contribution in [0, 0.1) is 0 Å². The quantitative estimate of drug-likeness (QED) is 0.469. The Bertz CT molecular complexity index is 254. The summed E-state index contributed by atoms with van der Waals surface area (Å²) >= 11 is 0. The van der Waals surface area contributed by atoms with Crippen molar-refractivity contribution in [1.82, 2.24) is 0 Å². The van der Waals surface area contributed by atoms with Gasteiger partial charge in [0, 0.05) is 5.57 Å². The lowest BCUT2D eigenvalue weighted by Crippen LogP contribution is -1.88. The van der Waals surface area contributed by atoms with Gasteiger partial charge in [-0.05, 0) is 18.1 Å². The van der Waals surface area contributed by atoms with E-state index in [9.17, 15) is 4.79 Å². The third kappa shape index (κ3) is 0.515. The minimum absolute atomic E-state index is 0.166. The predicted molar refractivity (Wildman–Crippen MR) is 34.9 cm³/mol. The van der Waals surface area contributed by atoms with E-state index in [0.29, 0.717) is 0 Å². The Labute approximate surface area is 53.4 Å². The van der Waals surface area contributed by atoms with Gasteiger partial charge in [-0.1, -0.05) is 18.2 Å². The first-order valence-corrected chi connectivity index (χ1v) is 3.00. The fraction of sp³-hybridized carbons (Fsp3) is 0.125. The average Bonchev–Trinajstić information content (AvgIpc) is 2.35. The summed E-state index contributed by atoms with van der Waals surface area (Å²) in [5.74, 6) is 0.166. The summed E-state index contributed by atoms with van der Waals surface area (Å²) in [6.45, 7) is 0. The van der Waals surface area contributed by atoms with Crippen molar-refractivity contribution in [3.05, 3.63) is 35.5 Å². The fourth-order valence-corrected chi connectivity index (χ4v) is 1.18. The van der Waals surface area contributed by atoms with Gasteiger partial charge in [-0.25, -0.2) is 0 Å². The summed E-state index contributed by atoms with van der Waals surface area (Å²) in [4.78, 5) is 10.9. The molecular formula is C8H6O. The first kappa shape index (κ1) is 4.74. The molecular weight excluding hydrogens is 112 g/mol. The van der Waals surface area contributed by atoms with Crippen LogP contribution in [0.25, 0.3) is 0 Å². The van der Waals surface area contributed by atoms with E-state index in [1.165, 1.54) is 5.57 Å². The number of hydrogen-bond acceptors (Lipinski definition) is 1. The number of carbonyl (C=O) groups is 1. The summed E-state index contributed by atoms with van der Waals surface area (Å²) in [5.41, 5.74) is 2.08. The number of allylic oxidation sites excluding steroid dienone is 6. The molecule has 9 heavy (non-hydrogen) atoms. The van der Waals surface area contributed by atoms with Crippen LogP contribution in [0.3, 0.4) is 0 Å². The van der Waals surface area contributed by atoms with Gasteiger partial charge in [-0.2, -0.15) is 0 Å². The van der Waals surface area contributed by atoms with E-state index < -0.39 is 0 Å². The van der Waals surface area contributed by atoms with Crippen molar-refractivity contribution in [3.8, 4) is 0 Å². The fourth-order valence-electron chi connectivity index (χ4n) is 1.18. The highest BCUT2D eigenvalue weighted by atomic mass is 16.1. The van der Waals surface area contributed by atoms with Crippen LogP contribution in [0.5, 0.6) is 0 Å². The number of hydrogen-bond donors (Lipinski definition) is 0. The molecule has 0 radical (unpaired) electrons. The minimum Gasteiger partial charge on any atom is -0.289 e. The Kier molecular flexibility index (Phi) is 0.758. The Hall–Kier alpha value is -1.11. The minimum atomic E-state index is 0.166. The van der Waals surface area contributed by atoms with Crippen LogP contribution in [0.1, 0.15) is 6.42 Å². The van der Waals surface area contributed by atoms with Crippen molar-refractivity contribution >= 4 is 5.78 Å². The van der Waals surface area contributed by atoms with Crippen molar-refractivity contribution in [1.29, 1.82) is 0 Å². The highest BCUT2D eigenvalue weighted by molar-refractivity contribution is 6.10. The Morgan fingerprint density at radius 2 is 2.11 bits per heavy atom. The molecule has 2 aliphatic carbocycles. The lowest BCUT2D eigenvalue weighted by atomic mass is 10.2. The van der Waals surface area contributed by atoms with Crippen LogP contribution >= 0.6 is 0 Å².